The fourth-order valence-corrected chi connectivity index (χ4v) is 1.22. The van der Waals surface area contributed by atoms with Crippen LogP contribution < -0.4 is 11.1 Å². The number of amidine groups is 1. The maximum atomic E-state index is 11.9. The second-order valence-corrected chi connectivity index (χ2v) is 4.35. The highest BCUT2D eigenvalue weighted by atomic mass is 16.5. The molecule has 0 heterocycles. The summed E-state index contributed by atoms with van der Waals surface area (Å²) in [5.41, 5.74) is 4.54. The molecule has 6 nitrogen and oxygen atoms in total. The van der Waals surface area contributed by atoms with Gasteiger partial charge in [0.05, 0.1) is 12.7 Å². The standard InChI is InChI=1S/C11H23N3O3/c1-5-11(4,9(12)14-16)10(15)13-6-7-17-8(2)3/h8,16H,5-7H2,1-4H3,(H2,12,14)(H,13,15). The maximum absolute atomic E-state index is 11.9. The molecule has 1 amide bonds. The average Bonchev–Trinajstić information content (AvgIpc) is 2.31. The number of rotatable bonds is 7. The summed E-state index contributed by atoms with van der Waals surface area (Å²) in [6, 6.07) is 0. The fourth-order valence-electron chi connectivity index (χ4n) is 1.22. The molecule has 0 aromatic rings. The minimum atomic E-state index is -0.980. The first-order valence-corrected chi connectivity index (χ1v) is 5.76. The van der Waals surface area contributed by atoms with Crippen LogP contribution in [0.15, 0.2) is 5.16 Å². The third kappa shape index (κ3) is 4.60. The van der Waals surface area contributed by atoms with Gasteiger partial charge in [0, 0.05) is 6.54 Å². The lowest BCUT2D eigenvalue weighted by Gasteiger charge is -2.25. The van der Waals surface area contributed by atoms with Crippen molar-refractivity contribution in [2.24, 2.45) is 16.3 Å². The first-order valence-electron chi connectivity index (χ1n) is 5.76. The van der Waals surface area contributed by atoms with Crippen molar-refractivity contribution in [1.29, 1.82) is 0 Å². The van der Waals surface area contributed by atoms with Gasteiger partial charge in [0.2, 0.25) is 5.91 Å². The van der Waals surface area contributed by atoms with E-state index in [4.69, 9.17) is 15.7 Å². The molecular weight excluding hydrogens is 222 g/mol. The number of nitrogens with zero attached hydrogens (tertiary/aromatic N) is 1. The molecule has 0 aliphatic carbocycles. The molecule has 1 unspecified atom stereocenters. The van der Waals surface area contributed by atoms with Gasteiger partial charge >= 0.3 is 0 Å². The Morgan fingerprint density at radius 2 is 2.18 bits per heavy atom. The Morgan fingerprint density at radius 3 is 2.59 bits per heavy atom. The van der Waals surface area contributed by atoms with Crippen LogP contribution >= 0.6 is 0 Å². The van der Waals surface area contributed by atoms with E-state index in [0.29, 0.717) is 19.6 Å². The average molecular weight is 245 g/mol. The summed E-state index contributed by atoms with van der Waals surface area (Å²) in [6.45, 7) is 8.15. The van der Waals surface area contributed by atoms with E-state index in [1.165, 1.54) is 0 Å². The third-order valence-electron chi connectivity index (χ3n) is 2.72. The minimum Gasteiger partial charge on any atom is -0.409 e. The second kappa shape index (κ2) is 7.11. The van der Waals surface area contributed by atoms with Crippen LogP contribution in [0.5, 0.6) is 0 Å². The molecule has 17 heavy (non-hydrogen) atoms. The molecule has 0 aliphatic heterocycles. The maximum Gasteiger partial charge on any atom is 0.233 e. The number of amides is 1. The lowest BCUT2D eigenvalue weighted by Crippen LogP contribution is -2.48. The molecule has 0 saturated carbocycles. The zero-order valence-corrected chi connectivity index (χ0v) is 11.0. The van der Waals surface area contributed by atoms with Crippen molar-refractivity contribution in [2.75, 3.05) is 13.2 Å². The Kier molecular flexibility index (Phi) is 6.57. The Hall–Kier alpha value is -1.30. The lowest BCUT2D eigenvalue weighted by molar-refractivity contribution is -0.127. The van der Waals surface area contributed by atoms with E-state index in [-0.39, 0.29) is 17.8 Å². The van der Waals surface area contributed by atoms with Crippen molar-refractivity contribution in [3.63, 3.8) is 0 Å². The SMILES string of the molecule is CCC(C)(C(=O)NCCOC(C)C)C(N)=NO. The van der Waals surface area contributed by atoms with Crippen LogP contribution in [-0.4, -0.2) is 36.2 Å². The van der Waals surface area contributed by atoms with Crippen LogP contribution in [0, 0.1) is 5.41 Å². The van der Waals surface area contributed by atoms with Crippen molar-refractivity contribution >= 4 is 11.7 Å². The molecule has 100 valence electrons. The smallest absolute Gasteiger partial charge is 0.233 e. The van der Waals surface area contributed by atoms with Crippen LogP contribution in [0.2, 0.25) is 0 Å². The van der Waals surface area contributed by atoms with E-state index in [9.17, 15) is 4.79 Å². The Morgan fingerprint density at radius 1 is 1.59 bits per heavy atom. The molecule has 0 bridgehead atoms. The molecule has 0 aromatic heterocycles. The van der Waals surface area contributed by atoms with Gasteiger partial charge in [0.1, 0.15) is 5.41 Å². The molecule has 0 aliphatic rings. The van der Waals surface area contributed by atoms with Crippen molar-refractivity contribution in [1.82, 2.24) is 5.32 Å². The number of nitrogens with one attached hydrogen (secondary N) is 1. The largest absolute Gasteiger partial charge is 0.409 e. The summed E-state index contributed by atoms with van der Waals surface area (Å²) in [4.78, 5) is 11.9. The molecule has 1 atom stereocenters. The van der Waals surface area contributed by atoms with Crippen LogP contribution in [0.25, 0.3) is 0 Å². The summed E-state index contributed by atoms with van der Waals surface area (Å²) in [5.74, 6) is -0.343. The summed E-state index contributed by atoms with van der Waals surface area (Å²) in [7, 11) is 0. The minimum absolute atomic E-state index is 0.0812. The van der Waals surface area contributed by atoms with E-state index in [1.807, 2.05) is 20.8 Å². The Bertz CT molecular complexity index is 279. The number of nitrogens with two attached hydrogens (primary N) is 1. The monoisotopic (exact) mass is 245 g/mol. The van der Waals surface area contributed by atoms with E-state index >= 15 is 0 Å². The first kappa shape index (κ1) is 15.7. The van der Waals surface area contributed by atoms with E-state index in [2.05, 4.69) is 10.5 Å². The summed E-state index contributed by atoms with van der Waals surface area (Å²) < 4.78 is 5.30. The molecule has 0 saturated heterocycles. The lowest BCUT2D eigenvalue weighted by atomic mass is 9.85. The Labute approximate surface area is 102 Å². The fraction of sp³-hybridized carbons (Fsp3) is 0.818. The van der Waals surface area contributed by atoms with Gasteiger partial charge in [-0.05, 0) is 27.2 Å². The normalized spacial score (nSPS) is 15.7. The highest BCUT2D eigenvalue weighted by Crippen LogP contribution is 2.21. The number of carbonyl (C=O) groups is 1. The summed E-state index contributed by atoms with van der Waals surface area (Å²) >= 11 is 0. The van der Waals surface area contributed by atoms with Crippen molar-refractivity contribution in [3.05, 3.63) is 0 Å². The summed E-state index contributed by atoms with van der Waals surface area (Å²) in [6.07, 6.45) is 0.591. The second-order valence-electron chi connectivity index (χ2n) is 4.35. The third-order valence-corrected chi connectivity index (χ3v) is 2.72. The quantitative estimate of drug-likeness (QED) is 0.202. The topological polar surface area (TPSA) is 96.9 Å². The van der Waals surface area contributed by atoms with E-state index in [1.54, 1.807) is 6.92 Å². The molecule has 4 N–H and O–H groups in total. The zero-order chi connectivity index (χ0) is 13.5. The first-order chi connectivity index (χ1) is 7.88. The van der Waals surface area contributed by atoms with Gasteiger partial charge in [0.15, 0.2) is 5.84 Å². The van der Waals surface area contributed by atoms with Gasteiger partial charge in [-0.2, -0.15) is 0 Å². The molecule has 0 spiro atoms. The van der Waals surface area contributed by atoms with Crippen molar-refractivity contribution < 1.29 is 14.7 Å². The van der Waals surface area contributed by atoms with Crippen LogP contribution in [0.3, 0.4) is 0 Å². The number of hydrogen-bond acceptors (Lipinski definition) is 4. The van der Waals surface area contributed by atoms with Crippen LogP contribution in [0.1, 0.15) is 34.1 Å². The van der Waals surface area contributed by atoms with Crippen molar-refractivity contribution in [2.45, 2.75) is 40.2 Å². The Balaban J connectivity index is 4.28. The van der Waals surface area contributed by atoms with Crippen molar-refractivity contribution in [3.8, 4) is 0 Å². The van der Waals surface area contributed by atoms with Gasteiger partial charge in [-0.15, -0.1) is 0 Å². The number of carbonyl (C=O) groups excluding carboxylic acids is 1. The molecule has 0 rings (SSSR count). The van der Waals surface area contributed by atoms with Gasteiger partial charge in [-0.1, -0.05) is 12.1 Å². The van der Waals surface area contributed by atoms with Gasteiger partial charge in [-0.3, -0.25) is 4.79 Å². The predicted octanol–water partition coefficient (Wildman–Crippen LogP) is 0.690. The van der Waals surface area contributed by atoms with Gasteiger partial charge in [0.25, 0.3) is 0 Å². The predicted molar refractivity (Wildman–Crippen MR) is 65.9 cm³/mol. The zero-order valence-electron chi connectivity index (χ0n) is 11.0. The van der Waals surface area contributed by atoms with Gasteiger partial charge in [-0.25, -0.2) is 0 Å². The molecule has 6 heteroatoms. The van der Waals surface area contributed by atoms with E-state index in [0.717, 1.165) is 0 Å². The molecule has 0 fully saturated rings. The van der Waals surface area contributed by atoms with E-state index < -0.39 is 5.41 Å². The van der Waals surface area contributed by atoms with Crippen LogP contribution in [-0.2, 0) is 9.53 Å². The number of oxime groups is 1. The number of ether oxygens (including phenoxy) is 1. The van der Waals surface area contributed by atoms with Gasteiger partial charge < -0.3 is 21.0 Å². The molecule has 0 radical (unpaired) electrons. The summed E-state index contributed by atoms with van der Waals surface area (Å²) in [5, 5.41) is 14.3. The highest BCUT2D eigenvalue weighted by molar-refractivity contribution is 6.06. The molecular formula is C11H23N3O3. The number of hydrogen-bond donors (Lipinski definition) is 3. The molecule has 0 aromatic carbocycles. The van der Waals surface area contributed by atoms with Crippen LogP contribution in [0.4, 0.5) is 0 Å². The highest BCUT2D eigenvalue weighted by Gasteiger charge is 2.36.